The number of amides is 2. The van der Waals surface area contributed by atoms with Crippen LogP contribution in [0.1, 0.15) is 45.2 Å². The molecule has 2 rings (SSSR count). The zero-order valence-electron chi connectivity index (χ0n) is 18.4. The molecule has 0 fully saturated rings. The second kappa shape index (κ2) is 10.2. The molecule has 0 aromatic heterocycles. The number of para-hydroxylation sites is 1. The molecule has 30 heavy (non-hydrogen) atoms. The third-order valence-corrected chi connectivity index (χ3v) is 4.55. The maximum atomic E-state index is 13.9. The zero-order valence-corrected chi connectivity index (χ0v) is 18.4. The van der Waals surface area contributed by atoms with Crippen molar-refractivity contribution in [3.63, 3.8) is 0 Å². The summed E-state index contributed by atoms with van der Waals surface area (Å²) in [5, 5.41) is 2.95. The predicted octanol–water partition coefficient (Wildman–Crippen LogP) is 4.24. The summed E-state index contributed by atoms with van der Waals surface area (Å²) in [6, 6.07) is 13.1. The Bertz CT molecular complexity index is 859. The van der Waals surface area contributed by atoms with Crippen molar-refractivity contribution < 1.29 is 18.7 Å². The van der Waals surface area contributed by atoms with Gasteiger partial charge in [-0.2, -0.15) is 0 Å². The molecule has 6 heteroatoms. The first-order valence-corrected chi connectivity index (χ1v) is 10.1. The lowest BCUT2D eigenvalue weighted by Crippen LogP contribution is -2.54. The van der Waals surface area contributed by atoms with Crippen LogP contribution in [-0.2, 0) is 16.1 Å². The first-order valence-electron chi connectivity index (χ1n) is 10.1. The lowest BCUT2D eigenvalue weighted by Gasteiger charge is -2.33. The summed E-state index contributed by atoms with van der Waals surface area (Å²) in [6.45, 7) is 9.43. The summed E-state index contributed by atoms with van der Waals surface area (Å²) < 4.78 is 19.3. The smallest absolute Gasteiger partial charge is 0.261 e. The predicted molar refractivity (Wildman–Crippen MR) is 116 cm³/mol. The highest BCUT2D eigenvalue weighted by molar-refractivity contribution is 5.88. The van der Waals surface area contributed by atoms with Crippen molar-refractivity contribution in [2.24, 2.45) is 0 Å². The average molecular weight is 415 g/mol. The molecule has 162 valence electrons. The molecule has 1 atom stereocenters. The zero-order chi connectivity index (χ0) is 22.3. The normalized spacial score (nSPS) is 12.2. The molecule has 0 unspecified atom stereocenters. The van der Waals surface area contributed by atoms with Gasteiger partial charge in [0.25, 0.3) is 5.91 Å². The van der Waals surface area contributed by atoms with Gasteiger partial charge in [0.15, 0.2) is 18.2 Å². The van der Waals surface area contributed by atoms with Crippen molar-refractivity contribution in [1.29, 1.82) is 0 Å². The number of benzene rings is 2. The number of carbonyl (C=O) groups is 2. The molecule has 0 aliphatic carbocycles. The number of nitrogens with one attached hydrogen (secondary N) is 1. The molecule has 1 N–H and O–H groups in total. The van der Waals surface area contributed by atoms with Gasteiger partial charge in [-0.05, 0) is 51.8 Å². The maximum Gasteiger partial charge on any atom is 0.261 e. The van der Waals surface area contributed by atoms with E-state index in [0.717, 1.165) is 11.1 Å². The molecular formula is C24H31FN2O3. The lowest BCUT2D eigenvalue weighted by atomic mass is 10.1. The van der Waals surface area contributed by atoms with Gasteiger partial charge < -0.3 is 15.0 Å². The van der Waals surface area contributed by atoms with E-state index in [1.807, 2.05) is 58.9 Å². The lowest BCUT2D eigenvalue weighted by molar-refractivity contribution is -0.143. The van der Waals surface area contributed by atoms with Crippen LogP contribution in [0.25, 0.3) is 0 Å². The molecule has 0 aliphatic heterocycles. The first-order chi connectivity index (χ1) is 14.1. The number of halogens is 1. The van der Waals surface area contributed by atoms with E-state index in [-0.39, 0.29) is 30.7 Å². The van der Waals surface area contributed by atoms with Crippen LogP contribution in [0.5, 0.6) is 5.75 Å². The quantitative estimate of drug-likeness (QED) is 0.703. The van der Waals surface area contributed by atoms with Crippen molar-refractivity contribution in [2.75, 3.05) is 6.61 Å². The van der Waals surface area contributed by atoms with Gasteiger partial charge >= 0.3 is 0 Å². The monoisotopic (exact) mass is 414 g/mol. The van der Waals surface area contributed by atoms with E-state index in [1.165, 1.54) is 17.0 Å². The molecule has 0 saturated carbocycles. The molecule has 0 radical (unpaired) electrons. The standard InChI is InChI=1S/C24H31FN2O3/c1-6-20(23(29)26-24(3,4)5)27(15-18-13-11-17(2)12-14-18)22(28)16-30-21-10-8-7-9-19(21)25/h7-14,20H,6,15-16H2,1-5H3,(H,26,29)/t20-/m0/s1. The Kier molecular flexibility index (Phi) is 7.98. The van der Waals surface area contributed by atoms with Crippen LogP contribution in [-0.4, -0.2) is 34.9 Å². The number of aryl methyl sites for hydroxylation is 1. The second-order valence-corrected chi connectivity index (χ2v) is 8.39. The highest BCUT2D eigenvalue weighted by atomic mass is 19.1. The van der Waals surface area contributed by atoms with Crippen LogP contribution in [0.4, 0.5) is 4.39 Å². The van der Waals surface area contributed by atoms with Gasteiger partial charge in [0.1, 0.15) is 6.04 Å². The molecule has 0 spiro atoms. The fourth-order valence-electron chi connectivity index (χ4n) is 3.05. The van der Waals surface area contributed by atoms with Crippen LogP contribution >= 0.6 is 0 Å². The Morgan fingerprint density at radius 2 is 1.73 bits per heavy atom. The Hall–Kier alpha value is -2.89. The van der Waals surface area contributed by atoms with Crippen molar-refractivity contribution in [3.8, 4) is 5.75 Å². The van der Waals surface area contributed by atoms with Crippen molar-refractivity contribution in [3.05, 3.63) is 65.5 Å². The summed E-state index contributed by atoms with van der Waals surface area (Å²) in [4.78, 5) is 27.5. The van der Waals surface area contributed by atoms with Gasteiger partial charge in [0.05, 0.1) is 0 Å². The molecule has 2 aromatic carbocycles. The fraction of sp³-hybridized carbons (Fsp3) is 0.417. The van der Waals surface area contributed by atoms with Gasteiger partial charge in [-0.1, -0.05) is 48.9 Å². The summed E-state index contributed by atoms with van der Waals surface area (Å²) in [6.07, 6.45) is 0.444. The molecule has 0 bridgehead atoms. The van der Waals surface area contributed by atoms with Crippen LogP contribution < -0.4 is 10.1 Å². The Morgan fingerprint density at radius 3 is 2.30 bits per heavy atom. The minimum atomic E-state index is -0.665. The first kappa shape index (κ1) is 23.4. The Morgan fingerprint density at radius 1 is 1.10 bits per heavy atom. The third-order valence-electron chi connectivity index (χ3n) is 4.55. The molecule has 5 nitrogen and oxygen atoms in total. The number of hydrogen-bond donors (Lipinski definition) is 1. The van der Waals surface area contributed by atoms with Gasteiger partial charge in [0, 0.05) is 12.1 Å². The van der Waals surface area contributed by atoms with Crippen molar-refractivity contribution >= 4 is 11.8 Å². The van der Waals surface area contributed by atoms with Gasteiger partial charge in [-0.3, -0.25) is 9.59 Å². The summed E-state index contributed by atoms with van der Waals surface area (Å²) in [5.74, 6) is -1.13. The van der Waals surface area contributed by atoms with Crippen molar-refractivity contribution in [2.45, 2.75) is 59.2 Å². The highest BCUT2D eigenvalue weighted by Crippen LogP contribution is 2.18. The Labute approximate surface area is 178 Å². The third kappa shape index (κ3) is 6.87. The maximum absolute atomic E-state index is 13.9. The number of hydrogen-bond acceptors (Lipinski definition) is 3. The average Bonchev–Trinajstić information content (AvgIpc) is 2.67. The topological polar surface area (TPSA) is 58.6 Å². The number of rotatable bonds is 8. The molecule has 0 aliphatic rings. The van der Waals surface area contributed by atoms with Gasteiger partial charge in [-0.15, -0.1) is 0 Å². The SMILES string of the molecule is CC[C@@H](C(=O)NC(C)(C)C)N(Cc1ccc(C)cc1)C(=O)COc1ccccc1F. The number of ether oxygens (including phenoxy) is 1. The minimum Gasteiger partial charge on any atom is -0.481 e. The van der Waals surface area contributed by atoms with Crippen LogP contribution in [0, 0.1) is 12.7 Å². The molecule has 0 heterocycles. The van der Waals surface area contributed by atoms with Crippen LogP contribution in [0.15, 0.2) is 48.5 Å². The number of carbonyl (C=O) groups excluding carboxylic acids is 2. The van der Waals surface area contributed by atoms with E-state index in [9.17, 15) is 14.0 Å². The van der Waals surface area contributed by atoms with E-state index in [0.29, 0.717) is 6.42 Å². The van der Waals surface area contributed by atoms with Gasteiger partial charge in [-0.25, -0.2) is 4.39 Å². The number of nitrogens with zero attached hydrogens (tertiary/aromatic N) is 1. The van der Waals surface area contributed by atoms with E-state index in [2.05, 4.69) is 5.32 Å². The summed E-state index contributed by atoms with van der Waals surface area (Å²) in [7, 11) is 0. The van der Waals surface area contributed by atoms with E-state index >= 15 is 0 Å². The Balaban J connectivity index is 2.24. The molecule has 2 aromatic rings. The summed E-state index contributed by atoms with van der Waals surface area (Å²) >= 11 is 0. The molecule has 2 amide bonds. The van der Waals surface area contributed by atoms with Crippen LogP contribution in [0.2, 0.25) is 0 Å². The molecular weight excluding hydrogens is 383 g/mol. The van der Waals surface area contributed by atoms with Gasteiger partial charge in [0.2, 0.25) is 5.91 Å². The van der Waals surface area contributed by atoms with Crippen LogP contribution in [0.3, 0.4) is 0 Å². The minimum absolute atomic E-state index is 0.00771. The largest absolute Gasteiger partial charge is 0.481 e. The summed E-state index contributed by atoms with van der Waals surface area (Å²) in [5.41, 5.74) is 1.59. The van der Waals surface area contributed by atoms with E-state index in [1.54, 1.807) is 12.1 Å². The fourth-order valence-corrected chi connectivity index (χ4v) is 3.05. The highest BCUT2D eigenvalue weighted by Gasteiger charge is 2.31. The molecule has 0 saturated heterocycles. The van der Waals surface area contributed by atoms with E-state index in [4.69, 9.17) is 4.74 Å². The van der Waals surface area contributed by atoms with Crippen molar-refractivity contribution in [1.82, 2.24) is 10.2 Å². The van der Waals surface area contributed by atoms with E-state index < -0.39 is 17.4 Å². The second-order valence-electron chi connectivity index (χ2n) is 8.39.